The van der Waals surface area contributed by atoms with Crippen LogP contribution in [0.3, 0.4) is 0 Å². The average molecular weight is 396 g/mol. The minimum absolute atomic E-state index is 0.252. The maximum Gasteiger partial charge on any atom is 0.131 e. The summed E-state index contributed by atoms with van der Waals surface area (Å²) in [5.41, 5.74) is 1.36. The molecule has 3 rings (SSSR count). The van der Waals surface area contributed by atoms with Crippen LogP contribution >= 0.6 is 0 Å². The van der Waals surface area contributed by atoms with Crippen molar-refractivity contribution >= 4 is 0 Å². The van der Waals surface area contributed by atoms with Crippen LogP contribution in [-0.2, 0) is 0 Å². The lowest BCUT2D eigenvalue weighted by atomic mass is 9.77. The van der Waals surface area contributed by atoms with E-state index in [1.807, 2.05) is 0 Å². The first-order chi connectivity index (χ1) is 14.3. The summed E-state index contributed by atoms with van der Waals surface area (Å²) < 4.78 is 0. The molecule has 1 aromatic rings. The molecule has 0 unspecified atom stereocenters. The molecule has 3 nitrogen and oxygen atoms in total. The van der Waals surface area contributed by atoms with Gasteiger partial charge in [-0.2, -0.15) is 5.26 Å². The normalized spacial score (nSPS) is 27.4. The maximum absolute atomic E-state index is 9.07. The Morgan fingerprint density at radius 2 is 1.38 bits per heavy atom. The number of nitrogens with zero attached hydrogens (tertiary/aromatic N) is 3. The molecule has 1 aromatic heterocycles. The molecule has 2 aliphatic rings. The number of rotatable bonds is 10. The Balaban J connectivity index is 1.34. The Bertz CT molecular complexity index is 602. The van der Waals surface area contributed by atoms with Crippen LogP contribution in [0.4, 0.5) is 0 Å². The lowest BCUT2D eigenvalue weighted by Gasteiger charge is -2.29. The Labute approximate surface area is 178 Å². The van der Waals surface area contributed by atoms with Gasteiger partial charge in [-0.3, -0.25) is 0 Å². The first-order valence-electron chi connectivity index (χ1n) is 12.5. The summed E-state index contributed by atoms with van der Waals surface area (Å²) in [6, 6.07) is 2.42. The van der Waals surface area contributed by atoms with Gasteiger partial charge in [0.2, 0.25) is 0 Å². The van der Waals surface area contributed by atoms with E-state index in [4.69, 9.17) is 15.2 Å². The molecule has 2 fully saturated rings. The van der Waals surface area contributed by atoms with Gasteiger partial charge in [-0.25, -0.2) is 9.97 Å². The largest absolute Gasteiger partial charge is 0.241 e. The van der Waals surface area contributed by atoms with E-state index in [2.05, 4.69) is 25.4 Å². The minimum Gasteiger partial charge on any atom is -0.241 e. The second-order valence-electron chi connectivity index (χ2n) is 9.68. The summed E-state index contributed by atoms with van der Waals surface area (Å²) in [6.07, 6.45) is 25.2. The Morgan fingerprint density at radius 1 is 0.793 bits per heavy atom. The number of hydrogen-bond donors (Lipinski definition) is 0. The second-order valence-corrected chi connectivity index (χ2v) is 9.68. The first kappa shape index (κ1) is 22.3. The molecule has 0 amide bonds. The Morgan fingerprint density at radius 3 is 2.00 bits per heavy atom. The number of aromatic nitrogens is 2. The van der Waals surface area contributed by atoms with Crippen LogP contribution in [0.15, 0.2) is 12.4 Å². The van der Waals surface area contributed by atoms with E-state index in [1.54, 1.807) is 0 Å². The van der Waals surface area contributed by atoms with Crippen LogP contribution in [0.5, 0.6) is 0 Å². The van der Waals surface area contributed by atoms with Crippen molar-refractivity contribution in [1.29, 1.82) is 5.26 Å². The molecule has 1 heterocycles. The molecule has 0 N–H and O–H groups in total. The van der Waals surface area contributed by atoms with E-state index in [1.165, 1.54) is 82.6 Å². The molecule has 3 heteroatoms. The first-order valence-corrected chi connectivity index (χ1v) is 12.5. The van der Waals surface area contributed by atoms with E-state index in [-0.39, 0.29) is 5.92 Å². The van der Waals surface area contributed by atoms with Gasteiger partial charge in [0.1, 0.15) is 5.82 Å². The van der Waals surface area contributed by atoms with E-state index >= 15 is 0 Å². The van der Waals surface area contributed by atoms with Crippen molar-refractivity contribution < 1.29 is 0 Å². The van der Waals surface area contributed by atoms with Gasteiger partial charge in [0.25, 0.3) is 0 Å². The molecule has 0 spiro atoms. The Kier molecular flexibility index (Phi) is 9.45. The van der Waals surface area contributed by atoms with E-state index in [0.717, 1.165) is 37.4 Å². The highest BCUT2D eigenvalue weighted by Crippen LogP contribution is 2.38. The molecule has 0 aromatic carbocycles. The van der Waals surface area contributed by atoms with Gasteiger partial charge in [-0.1, -0.05) is 58.3 Å². The summed E-state index contributed by atoms with van der Waals surface area (Å²) in [5, 5.41) is 9.07. The quantitative estimate of drug-likeness (QED) is 0.381. The standard InChI is InChI=1S/C26H41N3/c1-2-3-4-5-6-7-8-9-21-10-14-23(15-11-21)25-19-28-26(29-20-25)24-16-12-22(18-27)13-17-24/h19-24H,2-17H2,1H3. The lowest BCUT2D eigenvalue weighted by molar-refractivity contribution is 0.301. The third-order valence-corrected chi connectivity index (χ3v) is 7.50. The smallest absolute Gasteiger partial charge is 0.131 e. The monoisotopic (exact) mass is 395 g/mol. The van der Waals surface area contributed by atoms with Crippen LogP contribution in [0.25, 0.3) is 0 Å². The van der Waals surface area contributed by atoms with E-state index in [0.29, 0.717) is 11.8 Å². The van der Waals surface area contributed by atoms with Gasteiger partial charge < -0.3 is 0 Å². The maximum atomic E-state index is 9.07. The SMILES string of the molecule is CCCCCCCCCC1CCC(c2cnc(C3CCC(C#N)CC3)nc2)CC1. The van der Waals surface area contributed by atoms with Crippen molar-refractivity contribution in [2.24, 2.45) is 11.8 Å². The second kappa shape index (κ2) is 12.3. The van der Waals surface area contributed by atoms with Crippen molar-refractivity contribution in [3.05, 3.63) is 23.8 Å². The number of nitriles is 1. The summed E-state index contributed by atoms with van der Waals surface area (Å²) >= 11 is 0. The zero-order valence-electron chi connectivity index (χ0n) is 18.6. The summed E-state index contributed by atoms with van der Waals surface area (Å²) in [4.78, 5) is 9.49. The summed E-state index contributed by atoms with van der Waals surface area (Å²) in [7, 11) is 0. The third kappa shape index (κ3) is 7.09. The van der Waals surface area contributed by atoms with Gasteiger partial charge in [-0.05, 0) is 68.8 Å². The molecular formula is C26H41N3. The highest BCUT2D eigenvalue weighted by atomic mass is 14.9. The Hall–Kier alpha value is -1.43. The number of unbranched alkanes of at least 4 members (excludes halogenated alkanes) is 6. The summed E-state index contributed by atoms with van der Waals surface area (Å²) in [5.74, 6) is 3.35. The molecule has 0 radical (unpaired) electrons. The van der Waals surface area contributed by atoms with Gasteiger partial charge in [0.05, 0.1) is 6.07 Å². The molecule has 0 saturated heterocycles. The zero-order valence-corrected chi connectivity index (χ0v) is 18.6. The predicted octanol–water partition coefficient (Wildman–Crippen LogP) is 7.69. The fourth-order valence-corrected chi connectivity index (χ4v) is 5.42. The predicted molar refractivity (Wildman–Crippen MR) is 120 cm³/mol. The third-order valence-electron chi connectivity index (χ3n) is 7.50. The van der Waals surface area contributed by atoms with Crippen molar-refractivity contribution in [3.8, 4) is 6.07 Å². The fourth-order valence-electron chi connectivity index (χ4n) is 5.42. The lowest BCUT2D eigenvalue weighted by Crippen LogP contribution is -2.16. The molecule has 160 valence electrons. The van der Waals surface area contributed by atoms with Crippen LogP contribution in [0.1, 0.15) is 133 Å². The molecule has 2 saturated carbocycles. The highest BCUT2D eigenvalue weighted by molar-refractivity contribution is 5.14. The van der Waals surface area contributed by atoms with E-state index < -0.39 is 0 Å². The minimum atomic E-state index is 0.252. The van der Waals surface area contributed by atoms with Crippen molar-refractivity contribution in [2.45, 2.75) is 121 Å². The van der Waals surface area contributed by atoms with Crippen LogP contribution in [0.2, 0.25) is 0 Å². The van der Waals surface area contributed by atoms with Crippen LogP contribution in [0, 0.1) is 23.2 Å². The molecular weight excluding hydrogens is 354 g/mol. The van der Waals surface area contributed by atoms with Crippen molar-refractivity contribution in [3.63, 3.8) is 0 Å². The molecule has 2 aliphatic carbocycles. The van der Waals surface area contributed by atoms with Gasteiger partial charge in [0, 0.05) is 24.2 Å². The fraction of sp³-hybridized carbons (Fsp3) is 0.808. The van der Waals surface area contributed by atoms with Gasteiger partial charge in [0.15, 0.2) is 0 Å². The zero-order chi connectivity index (χ0) is 20.3. The number of hydrogen-bond acceptors (Lipinski definition) is 3. The summed E-state index contributed by atoms with van der Waals surface area (Å²) in [6.45, 7) is 2.29. The van der Waals surface area contributed by atoms with Crippen molar-refractivity contribution in [2.75, 3.05) is 0 Å². The molecule has 0 atom stereocenters. The van der Waals surface area contributed by atoms with Crippen LogP contribution in [-0.4, -0.2) is 9.97 Å². The van der Waals surface area contributed by atoms with E-state index in [9.17, 15) is 0 Å². The molecule has 0 bridgehead atoms. The topological polar surface area (TPSA) is 49.6 Å². The van der Waals surface area contributed by atoms with Gasteiger partial charge >= 0.3 is 0 Å². The highest BCUT2D eigenvalue weighted by Gasteiger charge is 2.25. The van der Waals surface area contributed by atoms with Gasteiger partial charge in [-0.15, -0.1) is 0 Å². The average Bonchev–Trinajstić information content (AvgIpc) is 2.79. The van der Waals surface area contributed by atoms with Crippen molar-refractivity contribution in [1.82, 2.24) is 9.97 Å². The van der Waals surface area contributed by atoms with Crippen LogP contribution < -0.4 is 0 Å². The molecule has 0 aliphatic heterocycles. The molecule has 29 heavy (non-hydrogen) atoms.